The summed E-state index contributed by atoms with van der Waals surface area (Å²) >= 11 is 0. The van der Waals surface area contributed by atoms with Gasteiger partial charge < -0.3 is 5.32 Å². The zero-order chi connectivity index (χ0) is 23.7. The van der Waals surface area contributed by atoms with Gasteiger partial charge in [0.2, 0.25) is 5.91 Å². The molecule has 9 heteroatoms. The number of nitrogens with one attached hydrogen (secondary N) is 3. The monoisotopic (exact) mass is 470 g/mol. The first kappa shape index (κ1) is 24.5. The van der Waals surface area contributed by atoms with Gasteiger partial charge in [0, 0.05) is 25.7 Å². The Morgan fingerprint density at radius 3 is 2.36 bits per heavy atom. The molecule has 3 amide bonds. The second-order valence-corrected chi connectivity index (χ2v) is 9.83. The Hall–Kier alpha value is -3.17. The highest BCUT2D eigenvalue weighted by Crippen LogP contribution is 2.14. The Morgan fingerprint density at radius 1 is 1.03 bits per heavy atom. The first-order chi connectivity index (χ1) is 15.8. The minimum absolute atomic E-state index is 0.00324. The van der Waals surface area contributed by atoms with Crippen molar-refractivity contribution in [2.24, 2.45) is 5.92 Å². The molecule has 1 fully saturated rings. The normalized spacial score (nSPS) is 15.3. The molecule has 3 rings (SSSR count). The van der Waals surface area contributed by atoms with E-state index >= 15 is 0 Å². The van der Waals surface area contributed by atoms with Gasteiger partial charge in [0.1, 0.15) is 0 Å². The third-order valence-corrected chi connectivity index (χ3v) is 6.79. The van der Waals surface area contributed by atoms with Crippen LogP contribution in [0.25, 0.3) is 6.08 Å². The number of rotatable bonds is 8. The van der Waals surface area contributed by atoms with Gasteiger partial charge in [-0.05, 0) is 54.5 Å². The molecule has 33 heavy (non-hydrogen) atoms. The standard InChI is InChI=1S/C24H30N4O4S/c1-19-14-17-28(18-15-19)26-24(30)27-33(31,32)22-10-7-21(8-11-22)13-16-25-23(29)12-9-20-5-3-2-4-6-20/h2-12,19H,13-18H2,1H3,(H,25,29)(H2,26,27,30)/b12-9+. The van der Waals surface area contributed by atoms with Gasteiger partial charge in [0.25, 0.3) is 10.0 Å². The molecule has 0 saturated carbocycles. The zero-order valence-electron chi connectivity index (χ0n) is 18.7. The van der Waals surface area contributed by atoms with Gasteiger partial charge in [-0.1, -0.05) is 49.4 Å². The van der Waals surface area contributed by atoms with Gasteiger partial charge in [-0.25, -0.2) is 22.9 Å². The molecule has 2 aromatic rings. The van der Waals surface area contributed by atoms with Crippen molar-refractivity contribution in [1.82, 2.24) is 20.5 Å². The van der Waals surface area contributed by atoms with E-state index in [4.69, 9.17) is 0 Å². The van der Waals surface area contributed by atoms with Crippen LogP contribution in [0.1, 0.15) is 30.9 Å². The van der Waals surface area contributed by atoms with E-state index in [-0.39, 0.29) is 10.8 Å². The Bertz CT molecular complexity index is 1060. The summed E-state index contributed by atoms with van der Waals surface area (Å²) in [6.07, 6.45) is 5.68. The fourth-order valence-electron chi connectivity index (χ4n) is 3.43. The highest BCUT2D eigenvalue weighted by atomic mass is 32.2. The number of amides is 3. The van der Waals surface area contributed by atoms with Crippen LogP contribution in [0.15, 0.2) is 65.6 Å². The smallest absolute Gasteiger partial charge is 0.343 e. The van der Waals surface area contributed by atoms with Crippen LogP contribution in [0, 0.1) is 5.92 Å². The van der Waals surface area contributed by atoms with Gasteiger partial charge in [0.15, 0.2) is 0 Å². The molecule has 2 aromatic carbocycles. The first-order valence-electron chi connectivity index (χ1n) is 11.0. The SMILES string of the molecule is CC1CCN(NC(=O)NS(=O)(=O)c2ccc(CCNC(=O)/C=C/c3ccccc3)cc2)CC1. The maximum absolute atomic E-state index is 12.5. The fraction of sp³-hybridized carbons (Fsp3) is 0.333. The summed E-state index contributed by atoms with van der Waals surface area (Å²) in [5.41, 5.74) is 4.40. The Labute approximate surface area is 195 Å². The summed E-state index contributed by atoms with van der Waals surface area (Å²) in [7, 11) is -3.97. The minimum atomic E-state index is -3.97. The van der Waals surface area contributed by atoms with Crippen LogP contribution in [0.5, 0.6) is 0 Å². The van der Waals surface area contributed by atoms with Crippen LogP contribution in [0.3, 0.4) is 0 Å². The topological polar surface area (TPSA) is 108 Å². The quantitative estimate of drug-likeness (QED) is 0.514. The molecular weight excluding hydrogens is 440 g/mol. The van der Waals surface area contributed by atoms with Gasteiger partial charge in [-0.15, -0.1) is 0 Å². The molecule has 0 bridgehead atoms. The zero-order valence-corrected chi connectivity index (χ0v) is 19.5. The van der Waals surface area contributed by atoms with Crippen LogP contribution in [0.2, 0.25) is 0 Å². The van der Waals surface area contributed by atoms with Crippen molar-refractivity contribution in [1.29, 1.82) is 0 Å². The molecule has 1 aliphatic rings. The molecule has 176 valence electrons. The lowest BCUT2D eigenvalue weighted by Gasteiger charge is -2.30. The Morgan fingerprint density at radius 2 is 1.70 bits per heavy atom. The van der Waals surface area contributed by atoms with Gasteiger partial charge in [0.05, 0.1) is 4.90 Å². The van der Waals surface area contributed by atoms with E-state index in [1.165, 1.54) is 18.2 Å². The van der Waals surface area contributed by atoms with Crippen LogP contribution in [-0.4, -0.2) is 45.0 Å². The molecule has 1 aliphatic heterocycles. The number of hydrogen-bond acceptors (Lipinski definition) is 5. The van der Waals surface area contributed by atoms with E-state index in [1.54, 1.807) is 23.2 Å². The number of piperidine rings is 1. The molecule has 1 saturated heterocycles. The van der Waals surface area contributed by atoms with Crippen LogP contribution in [-0.2, 0) is 21.2 Å². The van der Waals surface area contributed by atoms with Crippen LogP contribution in [0.4, 0.5) is 4.79 Å². The first-order valence-corrected chi connectivity index (χ1v) is 12.5. The largest absolute Gasteiger partial charge is 0.352 e. The third-order valence-electron chi connectivity index (χ3n) is 5.44. The van der Waals surface area contributed by atoms with E-state index in [9.17, 15) is 18.0 Å². The molecule has 1 heterocycles. The summed E-state index contributed by atoms with van der Waals surface area (Å²) in [5.74, 6) is 0.406. The number of hydrogen-bond donors (Lipinski definition) is 3. The highest BCUT2D eigenvalue weighted by Gasteiger charge is 2.21. The van der Waals surface area contributed by atoms with E-state index < -0.39 is 16.1 Å². The molecule has 3 N–H and O–H groups in total. The van der Waals surface area contributed by atoms with Crippen molar-refractivity contribution in [2.45, 2.75) is 31.1 Å². The van der Waals surface area contributed by atoms with Crippen LogP contribution >= 0.6 is 0 Å². The molecule has 8 nitrogen and oxygen atoms in total. The number of hydrazine groups is 1. The van der Waals surface area contributed by atoms with Gasteiger partial charge in [-0.3, -0.25) is 10.2 Å². The molecule has 0 atom stereocenters. The number of benzene rings is 2. The molecular formula is C24H30N4O4S. The van der Waals surface area contributed by atoms with Crippen molar-refractivity contribution >= 4 is 28.0 Å². The van der Waals surface area contributed by atoms with Crippen molar-refractivity contribution in [3.63, 3.8) is 0 Å². The van der Waals surface area contributed by atoms with E-state index in [2.05, 4.69) is 22.4 Å². The lowest BCUT2D eigenvalue weighted by Crippen LogP contribution is -2.51. The highest BCUT2D eigenvalue weighted by molar-refractivity contribution is 7.90. The van der Waals surface area contributed by atoms with Gasteiger partial charge in [-0.2, -0.15) is 0 Å². The fourth-order valence-corrected chi connectivity index (χ4v) is 4.33. The van der Waals surface area contributed by atoms with Gasteiger partial charge >= 0.3 is 6.03 Å². The lowest BCUT2D eigenvalue weighted by atomic mass is 10.0. The lowest BCUT2D eigenvalue weighted by molar-refractivity contribution is -0.116. The number of nitrogens with zero attached hydrogens (tertiary/aromatic N) is 1. The second-order valence-electron chi connectivity index (χ2n) is 8.14. The summed E-state index contributed by atoms with van der Waals surface area (Å²) < 4.78 is 27.0. The van der Waals surface area contributed by atoms with E-state index in [1.807, 2.05) is 30.3 Å². The summed E-state index contributed by atoms with van der Waals surface area (Å²) in [4.78, 5) is 24.0. The Kier molecular flexibility index (Phi) is 8.62. The summed E-state index contributed by atoms with van der Waals surface area (Å²) in [5, 5.41) is 4.53. The molecule has 0 spiro atoms. The second kappa shape index (κ2) is 11.6. The molecule has 0 aliphatic carbocycles. The average molecular weight is 471 g/mol. The van der Waals surface area contributed by atoms with Crippen molar-refractivity contribution in [3.05, 3.63) is 71.8 Å². The van der Waals surface area contributed by atoms with Crippen molar-refractivity contribution in [2.75, 3.05) is 19.6 Å². The van der Waals surface area contributed by atoms with Crippen LogP contribution < -0.4 is 15.5 Å². The number of urea groups is 1. The number of sulfonamides is 1. The maximum atomic E-state index is 12.5. The van der Waals surface area contributed by atoms with E-state index in [0.29, 0.717) is 32.0 Å². The predicted molar refractivity (Wildman–Crippen MR) is 127 cm³/mol. The predicted octanol–water partition coefficient (Wildman–Crippen LogP) is 2.69. The Balaban J connectivity index is 1.44. The van der Waals surface area contributed by atoms with Crippen molar-refractivity contribution < 1.29 is 18.0 Å². The maximum Gasteiger partial charge on any atom is 0.343 e. The summed E-state index contributed by atoms with van der Waals surface area (Å²) in [6.45, 7) is 3.96. The van der Waals surface area contributed by atoms with E-state index in [0.717, 1.165) is 24.0 Å². The molecule has 0 aromatic heterocycles. The molecule has 0 radical (unpaired) electrons. The third kappa shape index (κ3) is 8.03. The summed E-state index contributed by atoms with van der Waals surface area (Å²) in [6, 6.07) is 15.0. The average Bonchev–Trinajstić information content (AvgIpc) is 2.80. The number of carbonyl (C=O) groups is 2. The molecule has 0 unspecified atom stereocenters. The van der Waals surface area contributed by atoms with Crippen molar-refractivity contribution in [3.8, 4) is 0 Å². The number of carbonyl (C=O) groups excluding carboxylic acids is 2. The minimum Gasteiger partial charge on any atom is -0.352 e.